The van der Waals surface area contributed by atoms with Crippen molar-refractivity contribution in [2.75, 3.05) is 6.61 Å². The third-order valence-corrected chi connectivity index (χ3v) is 11.4. The highest BCUT2D eigenvalue weighted by Gasteiger charge is 2.24. The first-order chi connectivity index (χ1) is 30.5. The lowest BCUT2D eigenvalue weighted by Gasteiger charge is -2.24. The molecule has 0 aromatic carbocycles. The van der Waals surface area contributed by atoms with E-state index in [2.05, 4.69) is 86.8 Å². The summed E-state index contributed by atoms with van der Waals surface area (Å²) >= 11 is 0. The maximum atomic E-state index is 13.2. The van der Waals surface area contributed by atoms with Crippen molar-refractivity contribution in [3.63, 3.8) is 0 Å². The fraction of sp³-hybridized carbons (Fsp3) is 0.714. The molecule has 0 heterocycles. The number of allylic oxidation sites excluding steroid dienone is 14. The third-order valence-electron chi connectivity index (χ3n) is 11.4. The van der Waals surface area contributed by atoms with Gasteiger partial charge in [0.05, 0.1) is 25.2 Å². The van der Waals surface area contributed by atoms with Crippen molar-refractivity contribution in [3.05, 3.63) is 85.1 Å². The summed E-state index contributed by atoms with van der Waals surface area (Å²) in [5.41, 5.74) is 0. The van der Waals surface area contributed by atoms with Crippen LogP contribution in [0.25, 0.3) is 0 Å². The minimum Gasteiger partial charge on any atom is -0.462 e. The monoisotopic (exact) mass is 864 g/mol. The Bertz CT molecular complexity index is 1200. The van der Waals surface area contributed by atoms with E-state index in [-0.39, 0.29) is 24.9 Å². The van der Waals surface area contributed by atoms with Crippen LogP contribution in [0.5, 0.6) is 0 Å². The Morgan fingerprint density at radius 3 is 1.34 bits per heavy atom. The van der Waals surface area contributed by atoms with E-state index in [9.17, 15) is 19.8 Å². The summed E-state index contributed by atoms with van der Waals surface area (Å²) in [5.74, 6) is -0.540. The quantitative estimate of drug-likeness (QED) is 0.0322. The van der Waals surface area contributed by atoms with Crippen molar-refractivity contribution in [2.24, 2.45) is 0 Å². The second-order valence-electron chi connectivity index (χ2n) is 17.3. The lowest BCUT2D eigenvalue weighted by molar-refractivity contribution is -0.151. The normalized spacial score (nSPS) is 14.0. The fourth-order valence-corrected chi connectivity index (χ4v) is 7.44. The first-order valence-electron chi connectivity index (χ1n) is 25.9. The average molecular weight is 864 g/mol. The molecule has 0 radical (unpaired) electrons. The first-order valence-corrected chi connectivity index (χ1v) is 25.9. The molecule has 3 unspecified atom stereocenters. The highest BCUT2D eigenvalue weighted by atomic mass is 16.5. The summed E-state index contributed by atoms with van der Waals surface area (Å²) in [5, 5.41) is 23.7. The maximum absolute atomic E-state index is 13.2. The molecule has 0 aliphatic heterocycles. The molecule has 3 N–H and O–H groups in total. The van der Waals surface area contributed by atoms with Gasteiger partial charge < -0.3 is 20.3 Å². The van der Waals surface area contributed by atoms with Gasteiger partial charge in [0.2, 0.25) is 5.91 Å². The summed E-state index contributed by atoms with van der Waals surface area (Å²) in [6.07, 6.45) is 63.5. The van der Waals surface area contributed by atoms with Gasteiger partial charge in [-0.05, 0) is 70.6 Å². The molecular formula is C56H97NO5. The molecule has 0 aromatic rings. The highest BCUT2D eigenvalue weighted by molar-refractivity contribution is 5.77. The molecule has 6 nitrogen and oxygen atoms in total. The molecule has 1 amide bonds. The molecule has 0 saturated heterocycles. The number of amides is 1. The summed E-state index contributed by atoms with van der Waals surface area (Å²) in [6.45, 7) is 6.30. The van der Waals surface area contributed by atoms with Gasteiger partial charge in [-0.3, -0.25) is 9.59 Å². The van der Waals surface area contributed by atoms with Crippen LogP contribution in [-0.4, -0.2) is 46.9 Å². The van der Waals surface area contributed by atoms with Crippen LogP contribution in [0.4, 0.5) is 0 Å². The van der Waals surface area contributed by atoms with E-state index in [4.69, 9.17) is 4.74 Å². The van der Waals surface area contributed by atoms with Gasteiger partial charge in [0.25, 0.3) is 0 Å². The Morgan fingerprint density at radius 1 is 0.484 bits per heavy atom. The number of aliphatic hydroxyl groups excluding tert-OH is 2. The van der Waals surface area contributed by atoms with E-state index >= 15 is 0 Å². The van der Waals surface area contributed by atoms with Gasteiger partial charge in [-0.1, -0.05) is 234 Å². The Kier molecular flexibility index (Phi) is 46.7. The van der Waals surface area contributed by atoms with Gasteiger partial charge in [-0.15, -0.1) is 0 Å². The van der Waals surface area contributed by atoms with Crippen LogP contribution < -0.4 is 5.32 Å². The predicted molar refractivity (Wildman–Crippen MR) is 268 cm³/mol. The lowest BCUT2D eigenvalue weighted by Crippen LogP contribution is -2.46. The van der Waals surface area contributed by atoms with Gasteiger partial charge in [-0.25, -0.2) is 0 Å². The smallest absolute Gasteiger partial charge is 0.306 e. The second-order valence-corrected chi connectivity index (χ2v) is 17.3. The van der Waals surface area contributed by atoms with Gasteiger partial charge >= 0.3 is 5.97 Å². The van der Waals surface area contributed by atoms with Crippen molar-refractivity contribution in [2.45, 2.75) is 251 Å². The molecule has 0 aliphatic rings. The zero-order valence-electron chi connectivity index (χ0n) is 40.5. The topological polar surface area (TPSA) is 95.9 Å². The Balaban J connectivity index is 4.67. The highest BCUT2D eigenvalue weighted by Crippen LogP contribution is 2.17. The molecule has 6 heteroatoms. The number of hydrogen-bond donors (Lipinski definition) is 3. The molecule has 0 bridgehead atoms. The SMILES string of the molecule is CC/C=C/C=C/C=C/C=C\CCCCCC(CC(=O)NC(CO)C(O)CCCCCCCCCCCCCC)OC(=O)CCCCCCC/C=C/C=C/C=C/CCCCCCC. The molecule has 0 aliphatic carbocycles. The summed E-state index contributed by atoms with van der Waals surface area (Å²) in [4.78, 5) is 26.1. The van der Waals surface area contributed by atoms with Crippen molar-refractivity contribution in [1.82, 2.24) is 5.32 Å². The zero-order chi connectivity index (χ0) is 45.2. The molecule has 0 saturated carbocycles. The third kappa shape index (κ3) is 43.7. The van der Waals surface area contributed by atoms with E-state index in [1.165, 1.54) is 89.9 Å². The van der Waals surface area contributed by atoms with Crippen molar-refractivity contribution >= 4 is 11.9 Å². The molecule has 356 valence electrons. The van der Waals surface area contributed by atoms with Crippen LogP contribution in [-0.2, 0) is 14.3 Å². The summed E-state index contributed by atoms with van der Waals surface area (Å²) in [7, 11) is 0. The van der Waals surface area contributed by atoms with E-state index in [1.54, 1.807) is 0 Å². The van der Waals surface area contributed by atoms with Crippen LogP contribution in [0.1, 0.15) is 233 Å². The van der Waals surface area contributed by atoms with Crippen LogP contribution in [0, 0.1) is 0 Å². The average Bonchev–Trinajstić information content (AvgIpc) is 3.26. The number of unbranched alkanes of at least 4 members (excludes halogenated alkanes) is 24. The number of rotatable bonds is 45. The maximum Gasteiger partial charge on any atom is 0.306 e. The molecular weight excluding hydrogens is 767 g/mol. The van der Waals surface area contributed by atoms with E-state index in [0.29, 0.717) is 19.3 Å². The number of ether oxygens (including phenoxy) is 1. The Morgan fingerprint density at radius 2 is 0.871 bits per heavy atom. The molecule has 0 rings (SSSR count). The largest absolute Gasteiger partial charge is 0.462 e. The predicted octanol–water partition coefficient (Wildman–Crippen LogP) is 15.6. The molecule has 62 heavy (non-hydrogen) atoms. The Labute approximate surface area is 383 Å². The van der Waals surface area contributed by atoms with Crippen molar-refractivity contribution in [1.29, 1.82) is 0 Å². The van der Waals surface area contributed by atoms with Crippen LogP contribution in [0.15, 0.2) is 85.1 Å². The number of nitrogens with one attached hydrogen (secondary N) is 1. The molecule has 0 fully saturated rings. The van der Waals surface area contributed by atoms with Crippen molar-refractivity contribution < 1.29 is 24.5 Å². The minimum absolute atomic E-state index is 0.0390. The fourth-order valence-electron chi connectivity index (χ4n) is 7.44. The lowest BCUT2D eigenvalue weighted by atomic mass is 10.0. The van der Waals surface area contributed by atoms with Crippen LogP contribution >= 0.6 is 0 Å². The standard InChI is InChI=1S/C56H97NO5/c1-4-7-10-13-16-19-22-25-26-27-28-29-31-34-37-40-43-46-49-56(61)62-52(47-44-41-38-35-32-30-23-20-17-14-11-8-5-2)50-55(60)57-53(51-58)54(59)48-45-42-39-36-33-24-21-18-15-12-9-6-3/h8,11,14,17,20,22-23,25-30,32,52-54,58-59H,4-7,9-10,12-13,15-16,18-19,21,24,31,33-51H2,1-3H3,(H,57,60)/b11-8+,17-14+,23-20+,25-22+,27-26+,29-28+,32-30-. The summed E-state index contributed by atoms with van der Waals surface area (Å²) in [6, 6.07) is -0.723. The van der Waals surface area contributed by atoms with Gasteiger partial charge in [0.15, 0.2) is 0 Å². The van der Waals surface area contributed by atoms with Crippen LogP contribution in [0.2, 0.25) is 0 Å². The van der Waals surface area contributed by atoms with E-state index in [1.807, 2.05) is 24.3 Å². The van der Waals surface area contributed by atoms with Crippen LogP contribution in [0.3, 0.4) is 0 Å². The number of esters is 1. The number of aliphatic hydroxyl groups is 2. The van der Waals surface area contributed by atoms with Crippen molar-refractivity contribution in [3.8, 4) is 0 Å². The van der Waals surface area contributed by atoms with Gasteiger partial charge in [-0.2, -0.15) is 0 Å². The summed E-state index contributed by atoms with van der Waals surface area (Å²) < 4.78 is 5.91. The first kappa shape index (κ1) is 59.0. The zero-order valence-corrected chi connectivity index (χ0v) is 40.5. The van der Waals surface area contributed by atoms with Gasteiger partial charge in [0.1, 0.15) is 6.10 Å². The van der Waals surface area contributed by atoms with Gasteiger partial charge in [0, 0.05) is 6.42 Å². The van der Waals surface area contributed by atoms with E-state index < -0.39 is 18.2 Å². The Hall–Kier alpha value is -2.96. The molecule has 0 spiro atoms. The number of carbonyl (C=O) groups is 2. The number of hydrogen-bond acceptors (Lipinski definition) is 5. The number of carbonyl (C=O) groups excluding carboxylic acids is 2. The minimum atomic E-state index is -0.806. The second kappa shape index (κ2) is 49.1. The molecule has 0 aromatic heterocycles. The van der Waals surface area contributed by atoms with E-state index in [0.717, 1.165) is 96.3 Å². The molecule has 3 atom stereocenters.